The van der Waals surface area contributed by atoms with E-state index in [1.807, 2.05) is 31.2 Å². The molecule has 1 aliphatic carbocycles. The number of amides is 1. The summed E-state index contributed by atoms with van der Waals surface area (Å²) in [5, 5.41) is 3.81. The number of aromatic nitrogens is 1. The number of carbonyl (C=O) groups is 2. The van der Waals surface area contributed by atoms with Gasteiger partial charge in [-0.2, -0.15) is 0 Å². The van der Waals surface area contributed by atoms with Crippen LogP contribution in [0.15, 0.2) is 24.3 Å². The summed E-state index contributed by atoms with van der Waals surface area (Å²) in [6.07, 6.45) is 4.51. The summed E-state index contributed by atoms with van der Waals surface area (Å²) in [5.41, 5.74) is 1.69. The lowest BCUT2D eigenvalue weighted by molar-refractivity contribution is -0.123. The van der Waals surface area contributed by atoms with Crippen LogP contribution in [-0.4, -0.2) is 29.3 Å². The summed E-state index contributed by atoms with van der Waals surface area (Å²) < 4.78 is 5.55. The predicted molar refractivity (Wildman–Crippen MR) is 98.2 cm³/mol. The first-order chi connectivity index (χ1) is 12.0. The third-order valence-electron chi connectivity index (χ3n) is 4.31. The van der Waals surface area contributed by atoms with E-state index in [-0.39, 0.29) is 18.3 Å². The third-order valence-corrected chi connectivity index (χ3v) is 5.62. The van der Waals surface area contributed by atoms with Gasteiger partial charge in [0.05, 0.1) is 10.6 Å². The number of rotatable bonds is 6. The zero-order valence-corrected chi connectivity index (χ0v) is 15.3. The maximum absolute atomic E-state index is 11.9. The van der Waals surface area contributed by atoms with Gasteiger partial charge < -0.3 is 10.1 Å². The van der Waals surface area contributed by atoms with Crippen LogP contribution in [0.4, 0.5) is 0 Å². The van der Waals surface area contributed by atoms with Gasteiger partial charge in [-0.1, -0.05) is 12.8 Å². The van der Waals surface area contributed by atoms with E-state index in [9.17, 15) is 9.59 Å². The van der Waals surface area contributed by atoms with Crippen molar-refractivity contribution in [2.45, 2.75) is 45.6 Å². The minimum Gasteiger partial charge on any atom is -0.484 e. The van der Waals surface area contributed by atoms with Gasteiger partial charge in [-0.15, -0.1) is 11.3 Å². The molecule has 6 heteroatoms. The number of hydrogen-bond donors (Lipinski definition) is 1. The van der Waals surface area contributed by atoms with Crippen molar-refractivity contribution in [3.63, 3.8) is 0 Å². The van der Waals surface area contributed by atoms with Gasteiger partial charge in [0.2, 0.25) is 0 Å². The summed E-state index contributed by atoms with van der Waals surface area (Å²) in [4.78, 5) is 28.6. The molecule has 3 rings (SSSR count). The van der Waals surface area contributed by atoms with Crippen LogP contribution in [0.1, 0.15) is 48.0 Å². The normalized spacial score (nSPS) is 14.5. The highest BCUT2D eigenvalue weighted by atomic mass is 32.1. The number of ketones is 1. The van der Waals surface area contributed by atoms with Crippen molar-refractivity contribution in [2.75, 3.05) is 6.61 Å². The molecule has 132 valence electrons. The van der Waals surface area contributed by atoms with Gasteiger partial charge in [-0.3, -0.25) is 9.59 Å². The number of ether oxygens (including phenoxy) is 1. The van der Waals surface area contributed by atoms with Crippen LogP contribution in [0.2, 0.25) is 0 Å². The van der Waals surface area contributed by atoms with E-state index in [0.717, 1.165) is 29.1 Å². The minimum absolute atomic E-state index is 0.0285. The number of carbonyl (C=O) groups excluding carboxylic acids is 2. The van der Waals surface area contributed by atoms with E-state index in [4.69, 9.17) is 4.74 Å². The molecule has 0 unspecified atom stereocenters. The smallest absolute Gasteiger partial charge is 0.258 e. The number of benzene rings is 1. The highest BCUT2D eigenvalue weighted by Crippen LogP contribution is 2.29. The first-order valence-corrected chi connectivity index (χ1v) is 9.35. The second-order valence-corrected chi connectivity index (χ2v) is 7.35. The molecule has 1 heterocycles. The number of hydrogen-bond acceptors (Lipinski definition) is 5. The Balaban J connectivity index is 1.57. The Morgan fingerprint density at radius 2 is 1.92 bits per heavy atom. The van der Waals surface area contributed by atoms with Gasteiger partial charge in [0, 0.05) is 18.5 Å². The quantitative estimate of drug-likeness (QED) is 0.799. The SMILES string of the molecule is CC(=O)c1sc(-c2ccc(OCC(=O)NC3CCCC3)cc2)nc1C. The molecule has 0 spiro atoms. The molecule has 0 aliphatic heterocycles. The van der Waals surface area contributed by atoms with E-state index in [1.54, 1.807) is 6.92 Å². The van der Waals surface area contributed by atoms with Crippen molar-refractivity contribution in [3.05, 3.63) is 34.8 Å². The van der Waals surface area contributed by atoms with E-state index in [2.05, 4.69) is 10.3 Å². The Bertz CT molecular complexity index is 761. The van der Waals surface area contributed by atoms with Crippen molar-refractivity contribution in [1.82, 2.24) is 10.3 Å². The van der Waals surface area contributed by atoms with Gasteiger partial charge in [-0.05, 0) is 44.0 Å². The minimum atomic E-state index is -0.0716. The lowest BCUT2D eigenvalue weighted by Gasteiger charge is -2.12. The monoisotopic (exact) mass is 358 g/mol. The van der Waals surface area contributed by atoms with Gasteiger partial charge in [0.15, 0.2) is 12.4 Å². The maximum Gasteiger partial charge on any atom is 0.258 e. The van der Waals surface area contributed by atoms with Crippen LogP contribution < -0.4 is 10.1 Å². The van der Waals surface area contributed by atoms with Crippen LogP contribution in [0.3, 0.4) is 0 Å². The molecular weight excluding hydrogens is 336 g/mol. The van der Waals surface area contributed by atoms with Crippen molar-refractivity contribution >= 4 is 23.0 Å². The Morgan fingerprint density at radius 3 is 2.52 bits per heavy atom. The van der Waals surface area contributed by atoms with Crippen LogP contribution in [0.25, 0.3) is 10.6 Å². The zero-order chi connectivity index (χ0) is 17.8. The van der Waals surface area contributed by atoms with Gasteiger partial charge in [0.1, 0.15) is 10.8 Å². The molecule has 1 aromatic carbocycles. The molecule has 5 nitrogen and oxygen atoms in total. The van der Waals surface area contributed by atoms with Gasteiger partial charge in [-0.25, -0.2) is 4.98 Å². The number of thiazole rings is 1. The van der Waals surface area contributed by atoms with Crippen LogP contribution in [0.5, 0.6) is 5.75 Å². The Morgan fingerprint density at radius 1 is 1.24 bits per heavy atom. The molecule has 0 saturated heterocycles. The van der Waals surface area contributed by atoms with E-state index < -0.39 is 0 Å². The number of Topliss-reactive ketones (excluding diaryl/α,β-unsaturated/α-hetero) is 1. The van der Waals surface area contributed by atoms with Crippen LogP contribution in [-0.2, 0) is 4.79 Å². The standard InChI is InChI=1S/C19H22N2O3S/c1-12-18(13(2)22)25-19(20-12)14-7-9-16(10-8-14)24-11-17(23)21-15-5-3-4-6-15/h7-10,15H,3-6,11H2,1-2H3,(H,21,23). The highest BCUT2D eigenvalue weighted by molar-refractivity contribution is 7.17. The molecule has 1 N–H and O–H groups in total. The zero-order valence-electron chi connectivity index (χ0n) is 14.5. The van der Waals surface area contributed by atoms with Crippen LogP contribution in [0, 0.1) is 6.92 Å². The summed E-state index contributed by atoms with van der Waals surface area (Å²) in [6.45, 7) is 3.43. The van der Waals surface area contributed by atoms with Gasteiger partial charge >= 0.3 is 0 Å². The first-order valence-electron chi connectivity index (χ1n) is 8.54. The summed E-state index contributed by atoms with van der Waals surface area (Å²) in [6, 6.07) is 7.74. The topological polar surface area (TPSA) is 68.3 Å². The molecule has 0 atom stereocenters. The molecular formula is C19H22N2O3S. The molecule has 1 aromatic heterocycles. The largest absolute Gasteiger partial charge is 0.484 e. The second-order valence-electron chi connectivity index (χ2n) is 6.35. The average molecular weight is 358 g/mol. The molecule has 0 bridgehead atoms. The molecule has 1 amide bonds. The van der Waals surface area contributed by atoms with Crippen molar-refractivity contribution < 1.29 is 14.3 Å². The van der Waals surface area contributed by atoms with Crippen LogP contribution >= 0.6 is 11.3 Å². The second kappa shape index (κ2) is 7.78. The Kier molecular flexibility index (Phi) is 5.48. The summed E-state index contributed by atoms with van der Waals surface area (Å²) >= 11 is 1.40. The number of aryl methyl sites for hydroxylation is 1. The summed E-state index contributed by atoms with van der Waals surface area (Å²) in [5.74, 6) is 0.609. The molecule has 1 saturated carbocycles. The fourth-order valence-corrected chi connectivity index (χ4v) is 4.00. The molecule has 25 heavy (non-hydrogen) atoms. The highest BCUT2D eigenvalue weighted by Gasteiger charge is 2.17. The van der Waals surface area contributed by atoms with Crippen molar-refractivity contribution in [1.29, 1.82) is 0 Å². The maximum atomic E-state index is 11.9. The van der Waals surface area contributed by atoms with Crippen molar-refractivity contribution in [3.8, 4) is 16.3 Å². The van der Waals surface area contributed by atoms with E-state index >= 15 is 0 Å². The Hall–Kier alpha value is -2.21. The Labute approximate surface area is 151 Å². The molecule has 1 aliphatic rings. The van der Waals surface area contributed by atoms with Gasteiger partial charge in [0.25, 0.3) is 5.91 Å². The molecule has 0 radical (unpaired) electrons. The molecule has 2 aromatic rings. The first kappa shape index (κ1) is 17.6. The molecule has 1 fully saturated rings. The average Bonchev–Trinajstić information content (AvgIpc) is 3.23. The van der Waals surface area contributed by atoms with E-state index in [0.29, 0.717) is 16.7 Å². The number of nitrogens with one attached hydrogen (secondary N) is 1. The predicted octanol–water partition coefficient (Wildman–Crippen LogP) is 3.76. The number of nitrogens with zero attached hydrogens (tertiary/aromatic N) is 1. The van der Waals surface area contributed by atoms with E-state index in [1.165, 1.54) is 24.2 Å². The fourth-order valence-electron chi connectivity index (χ4n) is 3.03. The van der Waals surface area contributed by atoms with Crippen molar-refractivity contribution in [2.24, 2.45) is 0 Å². The lowest BCUT2D eigenvalue weighted by atomic mass is 10.2. The third kappa shape index (κ3) is 4.45. The lowest BCUT2D eigenvalue weighted by Crippen LogP contribution is -2.36. The summed E-state index contributed by atoms with van der Waals surface area (Å²) in [7, 11) is 0. The fraction of sp³-hybridized carbons (Fsp3) is 0.421.